The molecule has 0 amide bonds. The maximum absolute atomic E-state index is 11.2. The molecular formula is C20H32O2. The minimum atomic E-state index is -0.486. The fourth-order valence-corrected chi connectivity index (χ4v) is 7.88. The Balaban J connectivity index is 1.37. The first-order valence-electron chi connectivity index (χ1n) is 9.97. The van der Waals surface area contributed by atoms with E-state index in [1.807, 2.05) is 0 Å². The van der Waals surface area contributed by atoms with Gasteiger partial charge in [-0.15, -0.1) is 0 Å². The largest absolute Gasteiger partial charge is 0.367 e. The van der Waals surface area contributed by atoms with Gasteiger partial charge in [-0.25, -0.2) is 0 Å². The summed E-state index contributed by atoms with van der Waals surface area (Å²) < 4.78 is 6.62. The van der Waals surface area contributed by atoms with Crippen molar-refractivity contribution in [3.05, 3.63) is 0 Å². The molecule has 4 atom stereocenters. The molecule has 0 heterocycles. The molecule has 0 spiro atoms. The summed E-state index contributed by atoms with van der Waals surface area (Å²) in [4.78, 5) is 0. The molecule has 6 fully saturated rings. The zero-order valence-corrected chi connectivity index (χ0v) is 14.1. The van der Waals surface area contributed by atoms with Crippen LogP contribution in [0, 0.1) is 35.0 Å². The lowest BCUT2D eigenvalue weighted by atomic mass is 9.49. The van der Waals surface area contributed by atoms with Crippen LogP contribution in [-0.4, -0.2) is 17.0 Å². The predicted octanol–water partition coefficient (Wildman–Crippen LogP) is 4.51. The molecule has 4 unspecified atom stereocenters. The predicted molar refractivity (Wildman–Crippen MR) is 86.2 cm³/mol. The van der Waals surface area contributed by atoms with Crippen molar-refractivity contribution in [2.75, 3.05) is 0 Å². The van der Waals surface area contributed by atoms with Crippen molar-refractivity contribution in [2.24, 2.45) is 35.0 Å². The fourth-order valence-electron chi connectivity index (χ4n) is 7.88. The monoisotopic (exact) mass is 304 g/mol. The molecule has 6 bridgehead atoms. The summed E-state index contributed by atoms with van der Waals surface area (Å²) in [5, 5.41) is 11.2. The first kappa shape index (κ1) is 14.3. The summed E-state index contributed by atoms with van der Waals surface area (Å²) in [6.45, 7) is 2.28. The third-order valence-corrected chi connectivity index (χ3v) is 8.47. The Morgan fingerprint density at radius 1 is 0.909 bits per heavy atom. The van der Waals surface area contributed by atoms with Gasteiger partial charge >= 0.3 is 0 Å². The Morgan fingerprint density at radius 3 is 2.00 bits per heavy atom. The van der Waals surface area contributed by atoms with E-state index in [9.17, 15) is 5.11 Å². The van der Waals surface area contributed by atoms with Gasteiger partial charge in [-0.2, -0.15) is 0 Å². The highest BCUT2D eigenvalue weighted by molar-refractivity contribution is 5.06. The SMILES string of the molecule is CCC1(OC(O)C23CC4CC(CC(C4)C2)C3)CC2CCC1C2. The van der Waals surface area contributed by atoms with Crippen molar-refractivity contribution >= 4 is 0 Å². The average Bonchev–Trinajstić information content (AvgIpc) is 3.07. The van der Waals surface area contributed by atoms with Gasteiger partial charge in [0.1, 0.15) is 0 Å². The van der Waals surface area contributed by atoms with Gasteiger partial charge in [-0.05, 0) is 100 Å². The van der Waals surface area contributed by atoms with Crippen LogP contribution in [-0.2, 0) is 4.74 Å². The van der Waals surface area contributed by atoms with E-state index in [0.717, 1.165) is 36.0 Å². The van der Waals surface area contributed by atoms with E-state index < -0.39 is 6.29 Å². The lowest BCUT2D eigenvalue weighted by Crippen LogP contribution is -2.55. The average molecular weight is 304 g/mol. The third kappa shape index (κ3) is 1.92. The maximum Gasteiger partial charge on any atom is 0.160 e. The summed E-state index contributed by atoms with van der Waals surface area (Å²) in [5.41, 5.74) is 0.143. The molecule has 6 saturated carbocycles. The molecule has 0 radical (unpaired) electrons. The molecule has 0 saturated heterocycles. The van der Waals surface area contributed by atoms with Crippen LogP contribution in [0.1, 0.15) is 77.6 Å². The second kappa shape index (κ2) is 4.72. The van der Waals surface area contributed by atoms with Crippen molar-refractivity contribution in [3.8, 4) is 0 Å². The molecule has 0 aromatic carbocycles. The van der Waals surface area contributed by atoms with Crippen molar-refractivity contribution in [1.82, 2.24) is 0 Å². The van der Waals surface area contributed by atoms with Crippen LogP contribution < -0.4 is 0 Å². The van der Waals surface area contributed by atoms with Crippen LogP contribution >= 0.6 is 0 Å². The quantitative estimate of drug-likeness (QED) is 0.775. The summed E-state index contributed by atoms with van der Waals surface area (Å²) in [6.07, 6.45) is 14.0. The second-order valence-corrected chi connectivity index (χ2v) is 9.75. The van der Waals surface area contributed by atoms with Crippen molar-refractivity contribution in [1.29, 1.82) is 0 Å². The standard InChI is InChI=1S/C20H32O2/c1-2-20(12-13-3-4-17(20)8-13)22-18(21)19-9-14-5-15(10-19)7-16(6-14)11-19/h13-18,21H,2-12H2,1H3. The van der Waals surface area contributed by atoms with Gasteiger partial charge in [0.05, 0.1) is 5.60 Å². The van der Waals surface area contributed by atoms with Crippen LogP contribution in [0.5, 0.6) is 0 Å². The van der Waals surface area contributed by atoms with E-state index in [4.69, 9.17) is 4.74 Å². The smallest absolute Gasteiger partial charge is 0.160 e. The van der Waals surface area contributed by atoms with E-state index in [0.29, 0.717) is 0 Å². The molecule has 22 heavy (non-hydrogen) atoms. The molecular weight excluding hydrogens is 272 g/mol. The third-order valence-electron chi connectivity index (χ3n) is 8.47. The Bertz CT molecular complexity index is 423. The zero-order chi connectivity index (χ0) is 14.9. The van der Waals surface area contributed by atoms with Crippen LogP contribution in [0.3, 0.4) is 0 Å². The number of rotatable bonds is 4. The summed E-state index contributed by atoms with van der Waals surface area (Å²) in [6, 6.07) is 0. The van der Waals surface area contributed by atoms with Gasteiger partial charge in [0.25, 0.3) is 0 Å². The molecule has 6 aliphatic rings. The molecule has 0 aliphatic heterocycles. The van der Waals surface area contributed by atoms with E-state index in [2.05, 4.69) is 6.92 Å². The highest BCUT2D eigenvalue weighted by atomic mass is 16.6. The molecule has 0 aromatic heterocycles. The zero-order valence-electron chi connectivity index (χ0n) is 14.1. The highest BCUT2D eigenvalue weighted by Crippen LogP contribution is 2.63. The summed E-state index contributed by atoms with van der Waals surface area (Å²) >= 11 is 0. The van der Waals surface area contributed by atoms with Crippen LogP contribution in [0.4, 0.5) is 0 Å². The Labute approximate surface area is 135 Å². The van der Waals surface area contributed by atoms with E-state index in [1.54, 1.807) is 0 Å². The van der Waals surface area contributed by atoms with Gasteiger partial charge in [-0.1, -0.05) is 6.92 Å². The Morgan fingerprint density at radius 2 is 1.55 bits per heavy atom. The number of fused-ring (bicyclic) bond motifs is 2. The summed E-state index contributed by atoms with van der Waals surface area (Å²) in [7, 11) is 0. The van der Waals surface area contributed by atoms with Crippen molar-refractivity contribution < 1.29 is 9.84 Å². The van der Waals surface area contributed by atoms with Gasteiger partial charge in [0, 0.05) is 5.41 Å². The van der Waals surface area contributed by atoms with Gasteiger partial charge in [0.2, 0.25) is 0 Å². The number of hydrogen-bond donors (Lipinski definition) is 1. The molecule has 6 aliphatic carbocycles. The lowest BCUT2D eigenvalue weighted by Gasteiger charge is -2.59. The van der Waals surface area contributed by atoms with E-state index in [1.165, 1.54) is 64.2 Å². The molecule has 1 N–H and O–H groups in total. The summed E-state index contributed by atoms with van der Waals surface area (Å²) in [5.74, 6) is 4.28. The van der Waals surface area contributed by atoms with Gasteiger partial charge in [0.15, 0.2) is 6.29 Å². The van der Waals surface area contributed by atoms with Crippen LogP contribution in [0.15, 0.2) is 0 Å². The second-order valence-electron chi connectivity index (χ2n) is 9.75. The number of aliphatic hydroxyl groups is 1. The van der Waals surface area contributed by atoms with Crippen LogP contribution in [0.25, 0.3) is 0 Å². The van der Waals surface area contributed by atoms with Gasteiger partial charge in [-0.3, -0.25) is 0 Å². The first-order valence-corrected chi connectivity index (χ1v) is 9.97. The normalized spacial score (nSPS) is 56.7. The number of aliphatic hydroxyl groups excluding tert-OH is 1. The Kier molecular flexibility index (Phi) is 3.07. The molecule has 0 aromatic rings. The fraction of sp³-hybridized carbons (Fsp3) is 1.00. The lowest BCUT2D eigenvalue weighted by molar-refractivity contribution is -0.281. The molecule has 6 rings (SSSR count). The Hall–Kier alpha value is -0.0800. The van der Waals surface area contributed by atoms with Crippen molar-refractivity contribution in [3.63, 3.8) is 0 Å². The van der Waals surface area contributed by atoms with E-state index >= 15 is 0 Å². The minimum absolute atomic E-state index is 0.0195. The molecule has 124 valence electrons. The number of hydrogen-bond acceptors (Lipinski definition) is 2. The maximum atomic E-state index is 11.2. The van der Waals surface area contributed by atoms with Gasteiger partial charge < -0.3 is 9.84 Å². The topological polar surface area (TPSA) is 29.5 Å². The molecule has 2 nitrogen and oxygen atoms in total. The van der Waals surface area contributed by atoms with Crippen LogP contribution in [0.2, 0.25) is 0 Å². The minimum Gasteiger partial charge on any atom is -0.367 e. The molecule has 2 heteroatoms. The van der Waals surface area contributed by atoms with E-state index in [-0.39, 0.29) is 11.0 Å². The first-order chi connectivity index (χ1) is 10.6. The number of ether oxygens (including phenoxy) is 1. The highest BCUT2D eigenvalue weighted by Gasteiger charge is 2.58. The van der Waals surface area contributed by atoms with Crippen molar-refractivity contribution in [2.45, 2.75) is 89.4 Å².